The van der Waals surface area contributed by atoms with Gasteiger partial charge in [0.05, 0.1) is 12.0 Å². The number of fused-ring (bicyclic) bond motifs is 5. The fourth-order valence-corrected chi connectivity index (χ4v) is 5.02. The molecule has 0 saturated heterocycles. The maximum absolute atomic E-state index is 12.3. The normalized spacial score (nSPS) is 17.4. The Balaban J connectivity index is 1.72. The van der Waals surface area contributed by atoms with Crippen LogP contribution in [-0.2, 0) is 17.6 Å². The van der Waals surface area contributed by atoms with Gasteiger partial charge in [-0.25, -0.2) is 14.5 Å². The first-order valence-corrected chi connectivity index (χ1v) is 10.1. The lowest BCUT2D eigenvalue weighted by molar-refractivity contribution is 0.0927. The van der Waals surface area contributed by atoms with Crippen LogP contribution >= 0.6 is 11.3 Å². The Hall–Kier alpha value is -2.06. The third-order valence-electron chi connectivity index (χ3n) is 5.41. The number of ether oxygens (including phenoxy) is 1. The van der Waals surface area contributed by atoms with Crippen molar-refractivity contribution >= 4 is 33.1 Å². The van der Waals surface area contributed by atoms with Gasteiger partial charge in [0.15, 0.2) is 5.65 Å². The molecule has 0 aliphatic heterocycles. The highest BCUT2D eigenvalue weighted by molar-refractivity contribution is 7.19. The van der Waals surface area contributed by atoms with Gasteiger partial charge in [0.25, 0.3) is 5.91 Å². The summed E-state index contributed by atoms with van der Waals surface area (Å²) >= 11 is 1.76. The molecule has 3 aromatic heterocycles. The number of rotatable bonds is 4. The number of nitrogens with one attached hydrogen (secondary N) is 1. The maximum Gasteiger partial charge on any atom is 0.291 e. The molecule has 1 aliphatic carbocycles. The van der Waals surface area contributed by atoms with Crippen LogP contribution < -0.4 is 5.32 Å². The summed E-state index contributed by atoms with van der Waals surface area (Å²) in [6.45, 7) is 7.84. The smallest absolute Gasteiger partial charge is 0.291 e. The minimum Gasteiger partial charge on any atom is -0.383 e. The van der Waals surface area contributed by atoms with Gasteiger partial charge in [-0.1, -0.05) is 20.8 Å². The van der Waals surface area contributed by atoms with Gasteiger partial charge in [0.2, 0.25) is 5.82 Å². The number of amides is 1. The van der Waals surface area contributed by atoms with Crippen LogP contribution in [0.4, 0.5) is 0 Å². The van der Waals surface area contributed by atoms with E-state index in [2.05, 4.69) is 41.2 Å². The van der Waals surface area contributed by atoms with E-state index in [1.54, 1.807) is 29.3 Å². The van der Waals surface area contributed by atoms with Crippen molar-refractivity contribution in [2.75, 3.05) is 20.3 Å². The van der Waals surface area contributed by atoms with Crippen LogP contribution in [0.15, 0.2) is 6.33 Å². The topological polar surface area (TPSA) is 81.4 Å². The highest BCUT2D eigenvalue weighted by Crippen LogP contribution is 2.43. The number of aromatic nitrogens is 4. The molecule has 4 rings (SSSR count). The predicted octanol–water partition coefficient (Wildman–Crippen LogP) is 2.87. The molecule has 7 nitrogen and oxygen atoms in total. The lowest BCUT2D eigenvalue weighted by Crippen LogP contribution is -2.27. The van der Waals surface area contributed by atoms with Gasteiger partial charge in [0.1, 0.15) is 11.2 Å². The van der Waals surface area contributed by atoms with Crippen molar-refractivity contribution in [3.63, 3.8) is 0 Å². The van der Waals surface area contributed by atoms with Crippen LogP contribution in [0.5, 0.6) is 0 Å². The molecule has 27 heavy (non-hydrogen) atoms. The van der Waals surface area contributed by atoms with E-state index in [4.69, 9.17) is 4.74 Å². The fourth-order valence-electron chi connectivity index (χ4n) is 3.76. The molecule has 8 heteroatoms. The van der Waals surface area contributed by atoms with Gasteiger partial charge in [-0.2, -0.15) is 0 Å². The van der Waals surface area contributed by atoms with E-state index in [1.165, 1.54) is 16.9 Å². The predicted molar refractivity (Wildman–Crippen MR) is 105 cm³/mol. The summed E-state index contributed by atoms with van der Waals surface area (Å²) in [6.07, 6.45) is 4.94. The van der Waals surface area contributed by atoms with Crippen LogP contribution in [0.25, 0.3) is 15.9 Å². The van der Waals surface area contributed by atoms with Crippen molar-refractivity contribution in [1.29, 1.82) is 0 Å². The number of carbonyl (C=O) groups excluding carboxylic acids is 1. The Bertz CT molecular complexity index is 1000. The third-order valence-corrected chi connectivity index (χ3v) is 6.57. The number of aryl methyl sites for hydroxylation is 1. The zero-order chi connectivity index (χ0) is 19.2. The third kappa shape index (κ3) is 3.32. The molecule has 1 atom stereocenters. The molecule has 144 valence electrons. The molecular formula is C19H25N5O2S. The van der Waals surface area contributed by atoms with Crippen molar-refractivity contribution in [2.45, 2.75) is 40.0 Å². The summed E-state index contributed by atoms with van der Waals surface area (Å²) in [6, 6.07) is 0. The molecule has 0 unspecified atom stereocenters. The van der Waals surface area contributed by atoms with Gasteiger partial charge >= 0.3 is 0 Å². The number of carbonyl (C=O) groups is 1. The van der Waals surface area contributed by atoms with Gasteiger partial charge in [-0.05, 0) is 36.2 Å². The first-order valence-electron chi connectivity index (χ1n) is 9.31. The molecule has 0 fully saturated rings. The highest BCUT2D eigenvalue weighted by Gasteiger charge is 2.32. The maximum atomic E-state index is 12.3. The lowest BCUT2D eigenvalue weighted by Gasteiger charge is -2.33. The van der Waals surface area contributed by atoms with Crippen LogP contribution in [-0.4, -0.2) is 45.8 Å². The fraction of sp³-hybridized carbons (Fsp3) is 0.579. The first-order chi connectivity index (χ1) is 12.9. The van der Waals surface area contributed by atoms with E-state index in [9.17, 15) is 4.79 Å². The Morgan fingerprint density at radius 1 is 1.44 bits per heavy atom. The average Bonchev–Trinajstić information content (AvgIpc) is 3.21. The van der Waals surface area contributed by atoms with Gasteiger partial charge in [-0.3, -0.25) is 4.79 Å². The lowest BCUT2D eigenvalue weighted by atomic mass is 9.72. The van der Waals surface area contributed by atoms with Crippen LogP contribution in [0.3, 0.4) is 0 Å². The summed E-state index contributed by atoms with van der Waals surface area (Å²) in [5, 5.41) is 8.15. The second kappa shape index (κ2) is 6.83. The molecule has 0 bridgehead atoms. The Morgan fingerprint density at radius 3 is 3.00 bits per heavy atom. The van der Waals surface area contributed by atoms with Crippen molar-refractivity contribution in [3.05, 3.63) is 22.6 Å². The first kappa shape index (κ1) is 18.3. The molecule has 0 aromatic carbocycles. The quantitative estimate of drug-likeness (QED) is 0.696. The molecular weight excluding hydrogens is 362 g/mol. The molecule has 0 radical (unpaired) electrons. The largest absolute Gasteiger partial charge is 0.383 e. The molecule has 1 N–H and O–H groups in total. The molecule has 1 amide bonds. The molecule has 1 aliphatic rings. The van der Waals surface area contributed by atoms with Gasteiger partial charge < -0.3 is 10.1 Å². The van der Waals surface area contributed by atoms with Crippen molar-refractivity contribution in [3.8, 4) is 0 Å². The van der Waals surface area contributed by atoms with E-state index < -0.39 is 0 Å². The van der Waals surface area contributed by atoms with E-state index in [0.717, 1.165) is 28.7 Å². The zero-order valence-electron chi connectivity index (χ0n) is 16.2. The van der Waals surface area contributed by atoms with Crippen LogP contribution in [0, 0.1) is 11.3 Å². The second-order valence-corrected chi connectivity index (χ2v) is 9.27. The standard InChI is InChI=1S/C19H25N5O2S/c1-19(2,3)11-5-6-12-13(9-11)27-18-14(12)16-22-15(23-24(16)10-21-18)17(25)20-7-8-26-4/h10-11H,5-9H2,1-4H3,(H,20,25)/t11-/m0/s1. The number of thiophene rings is 1. The average molecular weight is 388 g/mol. The summed E-state index contributed by atoms with van der Waals surface area (Å²) < 4.78 is 6.58. The van der Waals surface area contributed by atoms with E-state index >= 15 is 0 Å². The second-order valence-electron chi connectivity index (χ2n) is 8.19. The summed E-state index contributed by atoms with van der Waals surface area (Å²) in [4.78, 5) is 23.8. The SMILES string of the molecule is COCCNC(=O)c1nc2c3c4c(sc3ncn2n1)C[C@@H](C(C)(C)C)CC4. The molecule has 3 aromatic rings. The Labute approximate surface area is 162 Å². The van der Waals surface area contributed by atoms with Crippen molar-refractivity contribution < 1.29 is 9.53 Å². The molecule has 0 saturated carbocycles. The van der Waals surface area contributed by atoms with Gasteiger partial charge in [-0.15, -0.1) is 16.4 Å². The Kier molecular flexibility index (Phi) is 4.63. The van der Waals surface area contributed by atoms with E-state index in [-0.39, 0.29) is 11.7 Å². The van der Waals surface area contributed by atoms with Crippen molar-refractivity contribution in [1.82, 2.24) is 24.9 Å². The minimum absolute atomic E-state index is 0.170. The van der Waals surface area contributed by atoms with E-state index in [1.807, 2.05) is 0 Å². The van der Waals surface area contributed by atoms with Gasteiger partial charge in [0, 0.05) is 18.5 Å². The van der Waals surface area contributed by atoms with Crippen molar-refractivity contribution in [2.24, 2.45) is 11.3 Å². The minimum atomic E-state index is -0.291. The number of methoxy groups -OCH3 is 1. The number of hydrogen-bond acceptors (Lipinski definition) is 6. The monoisotopic (exact) mass is 387 g/mol. The number of hydrogen-bond donors (Lipinski definition) is 1. The zero-order valence-corrected chi connectivity index (χ0v) is 17.0. The summed E-state index contributed by atoms with van der Waals surface area (Å²) in [5.74, 6) is 0.554. The highest BCUT2D eigenvalue weighted by atomic mass is 32.1. The summed E-state index contributed by atoms with van der Waals surface area (Å²) in [7, 11) is 1.60. The summed E-state index contributed by atoms with van der Waals surface area (Å²) in [5.41, 5.74) is 2.37. The van der Waals surface area contributed by atoms with E-state index in [0.29, 0.717) is 24.5 Å². The van der Waals surface area contributed by atoms with Crippen LogP contribution in [0.2, 0.25) is 0 Å². The van der Waals surface area contributed by atoms with Crippen LogP contribution in [0.1, 0.15) is 48.3 Å². The molecule has 3 heterocycles. The number of nitrogens with zero attached hydrogens (tertiary/aromatic N) is 4. The Morgan fingerprint density at radius 2 is 2.26 bits per heavy atom. The molecule has 0 spiro atoms.